The Bertz CT molecular complexity index is 1040. The number of aromatic nitrogens is 3. The predicted molar refractivity (Wildman–Crippen MR) is 104 cm³/mol. The highest BCUT2D eigenvalue weighted by Gasteiger charge is 2.25. The molecule has 0 atom stereocenters. The number of hydrogen-bond acceptors (Lipinski definition) is 4. The lowest BCUT2D eigenvalue weighted by atomic mass is 10.1. The van der Waals surface area contributed by atoms with Crippen LogP contribution in [0.25, 0.3) is 0 Å². The van der Waals surface area contributed by atoms with Crippen molar-refractivity contribution in [2.45, 2.75) is 26.1 Å². The van der Waals surface area contributed by atoms with E-state index in [0.29, 0.717) is 25.1 Å². The van der Waals surface area contributed by atoms with Gasteiger partial charge in [0.15, 0.2) is 0 Å². The van der Waals surface area contributed by atoms with Gasteiger partial charge < -0.3 is 14.2 Å². The lowest BCUT2D eigenvalue weighted by molar-refractivity contribution is 0.0913. The van der Waals surface area contributed by atoms with Gasteiger partial charge in [0.2, 0.25) is 0 Å². The largest absolute Gasteiger partial charge is 0.444 e. The van der Waals surface area contributed by atoms with Gasteiger partial charge in [-0.05, 0) is 11.6 Å². The minimum atomic E-state index is -0.410. The first-order chi connectivity index (χ1) is 13.6. The molecule has 0 fully saturated rings. The minimum Gasteiger partial charge on any atom is -0.444 e. The van der Waals surface area contributed by atoms with Crippen LogP contribution in [0.2, 0.25) is 0 Å². The molecule has 0 bridgehead atoms. The lowest BCUT2D eigenvalue weighted by Gasteiger charge is -2.27. The van der Waals surface area contributed by atoms with Crippen molar-refractivity contribution in [2.75, 3.05) is 6.54 Å². The van der Waals surface area contributed by atoms with Gasteiger partial charge in [0, 0.05) is 38.0 Å². The molecule has 0 saturated heterocycles. The summed E-state index contributed by atoms with van der Waals surface area (Å²) in [5, 5.41) is 0. The molecule has 1 aromatic carbocycles. The maximum Gasteiger partial charge on any atom is 0.410 e. The molecule has 3 aromatic rings. The van der Waals surface area contributed by atoms with E-state index in [4.69, 9.17) is 4.74 Å². The van der Waals surface area contributed by atoms with Crippen molar-refractivity contribution in [2.24, 2.45) is 7.05 Å². The van der Waals surface area contributed by atoms with E-state index in [1.54, 1.807) is 15.8 Å². The van der Waals surface area contributed by atoms with E-state index < -0.39 is 6.09 Å². The Hall–Kier alpha value is -3.35. The average molecular weight is 378 g/mol. The Morgan fingerprint density at radius 1 is 1.18 bits per heavy atom. The number of benzene rings is 1. The second-order valence-electron chi connectivity index (χ2n) is 7.00. The molecule has 2 aromatic heterocycles. The molecule has 1 aliphatic rings. The van der Waals surface area contributed by atoms with Crippen LogP contribution in [0, 0.1) is 0 Å². The standard InChI is InChI=1S/C21H22N4O3/c1-23-9-7-17(11-23)14-28-21(27)24-10-8-19-18(13-24)20(26)25(15-22-19)12-16-5-3-2-4-6-16/h2-7,9,11,15H,8,10,12-14H2,1H3. The van der Waals surface area contributed by atoms with Gasteiger partial charge in [0.25, 0.3) is 5.56 Å². The molecule has 0 saturated carbocycles. The minimum absolute atomic E-state index is 0.102. The number of amides is 1. The summed E-state index contributed by atoms with van der Waals surface area (Å²) in [5.41, 5.74) is 3.19. The molecular weight excluding hydrogens is 356 g/mol. The molecule has 0 N–H and O–H groups in total. The van der Waals surface area contributed by atoms with E-state index in [2.05, 4.69) is 4.98 Å². The fourth-order valence-corrected chi connectivity index (χ4v) is 3.38. The predicted octanol–water partition coefficient (Wildman–Crippen LogP) is 2.33. The molecule has 1 aliphatic heterocycles. The normalized spacial score (nSPS) is 13.2. The van der Waals surface area contributed by atoms with E-state index in [1.165, 1.54) is 0 Å². The topological polar surface area (TPSA) is 69.4 Å². The number of hydrogen-bond donors (Lipinski definition) is 0. The summed E-state index contributed by atoms with van der Waals surface area (Å²) in [6.07, 6.45) is 5.55. The third-order valence-electron chi connectivity index (χ3n) is 4.90. The van der Waals surface area contributed by atoms with Crippen LogP contribution in [0.1, 0.15) is 22.4 Å². The van der Waals surface area contributed by atoms with Crippen LogP contribution in [0.4, 0.5) is 4.79 Å². The Morgan fingerprint density at radius 3 is 2.75 bits per heavy atom. The summed E-state index contributed by atoms with van der Waals surface area (Å²) in [4.78, 5) is 31.4. The van der Waals surface area contributed by atoms with Crippen molar-refractivity contribution < 1.29 is 9.53 Å². The van der Waals surface area contributed by atoms with Crippen LogP contribution in [-0.2, 0) is 37.9 Å². The molecule has 28 heavy (non-hydrogen) atoms. The lowest BCUT2D eigenvalue weighted by Crippen LogP contribution is -2.41. The first-order valence-electron chi connectivity index (χ1n) is 9.24. The zero-order chi connectivity index (χ0) is 19.5. The van der Waals surface area contributed by atoms with Crippen LogP contribution < -0.4 is 5.56 Å². The summed E-state index contributed by atoms with van der Waals surface area (Å²) in [5.74, 6) is 0. The fourth-order valence-electron chi connectivity index (χ4n) is 3.38. The third kappa shape index (κ3) is 3.83. The quantitative estimate of drug-likeness (QED) is 0.699. The Labute approximate surface area is 162 Å². The van der Waals surface area contributed by atoms with Crippen LogP contribution in [0.3, 0.4) is 0 Å². The number of carbonyl (C=O) groups excluding carboxylic acids is 1. The number of fused-ring (bicyclic) bond motifs is 1. The highest BCUT2D eigenvalue weighted by Crippen LogP contribution is 2.15. The molecule has 3 heterocycles. The Morgan fingerprint density at radius 2 is 2.00 bits per heavy atom. The van der Waals surface area contributed by atoms with E-state index in [9.17, 15) is 9.59 Å². The van der Waals surface area contributed by atoms with Crippen LogP contribution in [0.15, 0.2) is 59.9 Å². The van der Waals surface area contributed by atoms with Crippen molar-refractivity contribution in [1.29, 1.82) is 0 Å². The van der Waals surface area contributed by atoms with Crippen molar-refractivity contribution in [1.82, 2.24) is 19.0 Å². The van der Waals surface area contributed by atoms with Crippen molar-refractivity contribution in [3.05, 3.63) is 87.9 Å². The van der Waals surface area contributed by atoms with Gasteiger partial charge in [-0.15, -0.1) is 0 Å². The smallest absolute Gasteiger partial charge is 0.410 e. The Balaban J connectivity index is 1.47. The summed E-state index contributed by atoms with van der Waals surface area (Å²) in [6.45, 7) is 1.40. The van der Waals surface area contributed by atoms with Crippen LogP contribution >= 0.6 is 0 Å². The van der Waals surface area contributed by atoms with Crippen LogP contribution in [0.5, 0.6) is 0 Å². The first kappa shape index (κ1) is 18.0. The third-order valence-corrected chi connectivity index (χ3v) is 4.90. The highest BCUT2D eigenvalue weighted by atomic mass is 16.6. The van der Waals surface area contributed by atoms with E-state index >= 15 is 0 Å². The van der Waals surface area contributed by atoms with Crippen LogP contribution in [-0.4, -0.2) is 31.7 Å². The molecule has 144 valence electrons. The number of rotatable bonds is 4. The molecule has 0 unspecified atom stereocenters. The monoisotopic (exact) mass is 378 g/mol. The number of ether oxygens (including phenoxy) is 1. The molecule has 7 heteroatoms. The van der Waals surface area contributed by atoms with Gasteiger partial charge in [-0.25, -0.2) is 9.78 Å². The van der Waals surface area contributed by atoms with E-state index in [1.807, 2.05) is 60.4 Å². The molecule has 0 spiro atoms. The maximum atomic E-state index is 12.9. The molecule has 4 rings (SSSR count). The molecule has 0 aliphatic carbocycles. The molecule has 7 nitrogen and oxygen atoms in total. The van der Waals surface area contributed by atoms with Crippen molar-refractivity contribution >= 4 is 6.09 Å². The number of aryl methyl sites for hydroxylation is 1. The maximum absolute atomic E-state index is 12.9. The van der Waals surface area contributed by atoms with Crippen molar-refractivity contribution in [3.8, 4) is 0 Å². The second kappa shape index (κ2) is 7.72. The van der Waals surface area contributed by atoms with Gasteiger partial charge in [0.1, 0.15) is 6.61 Å². The van der Waals surface area contributed by atoms with E-state index in [0.717, 1.165) is 16.8 Å². The Kier molecular flexibility index (Phi) is 4.97. The number of carbonyl (C=O) groups is 1. The number of nitrogens with zero attached hydrogens (tertiary/aromatic N) is 4. The summed E-state index contributed by atoms with van der Waals surface area (Å²) in [7, 11) is 1.92. The van der Waals surface area contributed by atoms with Gasteiger partial charge in [0.05, 0.1) is 30.7 Å². The van der Waals surface area contributed by atoms with Gasteiger partial charge in [-0.3, -0.25) is 9.36 Å². The average Bonchev–Trinajstić information content (AvgIpc) is 3.14. The SMILES string of the molecule is Cn1ccc(COC(=O)N2CCc3ncn(Cc4ccccc4)c(=O)c3C2)c1. The van der Waals surface area contributed by atoms with Gasteiger partial charge in [-0.2, -0.15) is 0 Å². The van der Waals surface area contributed by atoms with Gasteiger partial charge >= 0.3 is 6.09 Å². The zero-order valence-electron chi connectivity index (χ0n) is 15.7. The summed E-state index contributed by atoms with van der Waals surface area (Å²) < 4.78 is 8.90. The fraction of sp³-hybridized carbons (Fsp3) is 0.286. The van der Waals surface area contributed by atoms with E-state index in [-0.39, 0.29) is 18.7 Å². The molecule has 1 amide bonds. The van der Waals surface area contributed by atoms with Crippen molar-refractivity contribution in [3.63, 3.8) is 0 Å². The molecule has 0 radical (unpaired) electrons. The highest BCUT2D eigenvalue weighted by molar-refractivity contribution is 5.68. The summed E-state index contributed by atoms with van der Waals surface area (Å²) >= 11 is 0. The molecular formula is C21H22N4O3. The zero-order valence-corrected chi connectivity index (χ0v) is 15.7. The summed E-state index contributed by atoms with van der Waals surface area (Å²) in [6, 6.07) is 11.7. The first-order valence-corrected chi connectivity index (χ1v) is 9.24. The second-order valence-corrected chi connectivity index (χ2v) is 7.00. The van der Waals surface area contributed by atoms with Gasteiger partial charge in [-0.1, -0.05) is 30.3 Å².